The number of carboxylic acids is 1. The molecule has 0 bridgehead atoms. The van der Waals surface area contributed by atoms with Gasteiger partial charge >= 0.3 is 12.0 Å². The molecule has 2 aromatic rings. The van der Waals surface area contributed by atoms with Gasteiger partial charge in [-0.25, -0.2) is 18.4 Å². The maximum atomic E-state index is 13.5. The van der Waals surface area contributed by atoms with Crippen LogP contribution in [0.25, 0.3) is 0 Å². The zero-order chi connectivity index (χ0) is 25.1. The maximum Gasteiger partial charge on any atom is 0.333 e. The molecule has 9 heteroatoms. The first-order chi connectivity index (χ1) is 16.2. The van der Waals surface area contributed by atoms with Crippen molar-refractivity contribution in [3.63, 3.8) is 0 Å². The van der Waals surface area contributed by atoms with Gasteiger partial charge in [-0.2, -0.15) is 0 Å². The molecule has 2 rings (SSSR count). The lowest BCUT2D eigenvalue weighted by Crippen LogP contribution is -2.39. The number of hydrogen-bond acceptors (Lipinski definition) is 4. The van der Waals surface area contributed by atoms with Gasteiger partial charge in [0, 0.05) is 31.3 Å². The predicted molar refractivity (Wildman–Crippen MR) is 125 cm³/mol. The summed E-state index contributed by atoms with van der Waals surface area (Å²) in [5, 5.41) is 11.8. The zero-order valence-corrected chi connectivity index (χ0v) is 19.7. The molecule has 34 heavy (non-hydrogen) atoms. The van der Waals surface area contributed by atoms with Crippen molar-refractivity contribution in [1.29, 1.82) is 0 Å². The molecule has 1 atom stereocenters. The van der Waals surface area contributed by atoms with Crippen molar-refractivity contribution < 1.29 is 33.0 Å². The van der Waals surface area contributed by atoms with E-state index < -0.39 is 29.7 Å². The van der Waals surface area contributed by atoms with Crippen LogP contribution in [-0.2, 0) is 16.0 Å². The summed E-state index contributed by atoms with van der Waals surface area (Å²) in [5.74, 6) is -2.07. The van der Waals surface area contributed by atoms with E-state index in [1.165, 1.54) is 6.07 Å². The van der Waals surface area contributed by atoms with Crippen molar-refractivity contribution in [2.24, 2.45) is 5.92 Å². The molecule has 0 fully saturated rings. The highest BCUT2D eigenvalue weighted by atomic mass is 19.2. The van der Waals surface area contributed by atoms with Crippen LogP contribution in [0.2, 0.25) is 0 Å². The molecule has 0 saturated carbocycles. The number of hydrogen-bond donors (Lipinski definition) is 2. The Hall–Kier alpha value is -3.20. The Kier molecular flexibility index (Phi) is 10.7. The first kappa shape index (κ1) is 27.0. The second-order valence-electron chi connectivity index (χ2n) is 8.21. The van der Waals surface area contributed by atoms with Gasteiger partial charge in [-0.15, -0.1) is 0 Å². The number of benzene rings is 2. The summed E-state index contributed by atoms with van der Waals surface area (Å²) in [6.07, 6.45) is 0.112. The number of nitrogens with one attached hydrogen (secondary N) is 1. The number of halogens is 2. The van der Waals surface area contributed by atoms with Gasteiger partial charge in [0.1, 0.15) is 12.4 Å². The van der Waals surface area contributed by atoms with E-state index in [1.54, 1.807) is 36.1 Å². The molecule has 0 saturated heterocycles. The van der Waals surface area contributed by atoms with Crippen LogP contribution in [0.3, 0.4) is 0 Å². The number of anilines is 1. The molecule has 2 N–H and O–H groups in total. The summed E-state index contributed by atoms with van der Waals surface area (Å²) in [4.78, 5) is 25.5. The highest BCUT2D eigenvalue weighted by Crippen LogP contribution is 2.16. The van der Waals surface area contributed by atoms with E-state index in [1.807, 2.05) is 13.8 Å². The molecular formula is C25H32F2N2O5. The van der Waals surface area contributed by atoms with Crippen molar-refractivity contribution in [2.45, 2.75) is 39.7 Å². The third kappa shape index (κ3) is 8.97. The Bertz CT molecular complexity index is 937. The van der Waals surface area contributed by atoms with Gasteiger partial charge < -0.3 is 24.8 Å². The minimum atomic E-state index is -1.03. The van der Waals surface area contributed by atoms with Gasteiger partial charge in [0.25, 0.3) is 0 Å². The summed E-state index contributed by atoms with van der Waals surface area (Å²) in [6.45, 7) is 7.14. The highest BCUT2D eigenvalue weighted by molar-refractivity contribution is 5.89. The van der Waals surface area contributed by atoms with E-state index in [9.17, 15) is 23.5 Å². The van der Waals surface area contributed by atoms with E-state index in [2.05, 4.69) is 5.32 Å². The smallest absolute Gasteiger partial charge is 0.333 e. The molecular weight excluding hydrogens is 446 g/mol. The first-order valence-corrected chi connectivity index (χ1v) is 11.3. The molecule has 0 aliphatic heterocycles. The number of carboxylic acid groups (broad SMARTS) is 1. The molecule has 0 spiro atoms. The molecule has 186 valence electrons. The van der Waals surface area contributed by atoms with Crippen molar-refractivity contribution in [1.82, 2.24) is 4.90 Å². The summed E-state index contributed by atoms with van der Waals surface area (Å²) < 4.78 is 37.6. The van der Waals surface area contributed by atoms with Crippen LogP contribution in [0, 0.1) is 17.6 Å². The van der Waals surface area contributed by atoms with Crippen LogP contribution in [-0.4, -0.2) is 54.4 Å². The van der Waals surface area contributed by atoms with Crippen LogP contribution in [0.4, 0.5) is 19.3 Å². The minimum absolute atomic E-state index is 0.168. The molecule has 2 amide bonds. The summed E-state index contributed by atoms with van der Waals surface area (Å²) >= 11 is 0. The molecule has 0 heterocycles. The zero-order valence-electron chi connectivity index (χ0n) is 19.7. The Labute approximate surface area is 198 Å². The first-order valence-electron chi connectivity index (χ1n) is 11.3. The van der Waals surface area contributed by atoms with E-state index >= 15 is 0 Å². The SMILES string of the molecule is CCOC(Cc1ccc(OCCN(CCC(C)C)C(=O)Nc2ccc(F)c(F)c2)cc1)C(=O)O. The fraction of sp³-hybridized carbons (Fsp3) is 0.440. The predicted octanol–water partition coefficient (Wildman–Crippen LogP) is 4.96. The van der Waals surface area contributed by atoms with Crippen molar-refractivity contribution in [3.8, 4) is 5.75 Å². The molecule has 1 unspecified atom stereocenters. The van der Waals surface area contributed by atoms with Gasteiger partial charge in [-0.1, -0.05) is 26.0 Å². The van der Waals surface area contributed by atoms with Gasteiger partial charge in [0.2, 0.25) is 0 Å². The fourth-order valence-electron chi connectivity index (χ4n) is 3.13. The number of aliphatic carboxylic acids is 1. The molecule has 0 aliphatic carbocycles. The Morgan fingerprint density at radius 3 is 2.35 bits per heavy atom. The van der Waals surface area contributed by atoms with Gasteiger partial charge in [0.15, 0.2) is 17.7 Å². The molecule has 7 nitrogen and oxygen atoms in total. The fourth-order valence-corrected chi connectivity index (χ4v) is 3.13. The number of nitrogens with zero attached hydrogens (tertiary/aromatic N) is 1. The lowest BCUT2D eigenvalue weighted by atomic mass is 10.1. The number of carbonyl (C=O) groups excluding carboxylic acids is 1. The number of ether oxygens (including phenoxy) is 2. The number of carbonyl (C=O) groups is 2. The monoisotopic (exact) mass is 478 g/mol. The van der Waals surface area contributed by atoms with Crippen LogP contribution in [0.1, 0.15) is 32.8 Å². The quantitative estimate of drug-likeness (QED) is 0.425. The largest absolute Gasteiger partial charge is 0.492 e. The van der Waals surface area contributed by atoms with Crippen LogP contribution in [0.5, 0.6) is 5.75 Å². The van der Waals surface area contributed by atoms with E-state index in [0.717, 1.165) is 24.1 Å². The summed E-state index contributed by atoms with van der Waals surface area (Å²) in [5.41, 5.74) is 0.972. The van der Waals surface area contributed by atoms with E-state index in [-0.39, 0.29) is 25.3 Å². The minimum Gasteiger partial charge on any atom is -0.492 e. The van der Waals surface area contributed by atoms with E-state index in [0.29, 0.717) is 24.8 Å². The Morgan fingerprint density at radius 2 is 1.76 bits per heavy atom. The second kappa shape index (κ2) is 13.5. The molecule has 0 radical (unpaired) electrons. The normalized spacial score (nSPS) is 11.8. The number of amides is 2. The molecule has 0 aliphatic rings. The van der Waals surface area contributed by atoms with Crippen molar-refractivity contribution >= 4 is 17.7 Å². The highest BCUT2D eigenvalue weighted by Gasteiger charge is 2.18. The van der Waals surface area contributed by atoms with Crippen LogP contribution >= 0.6 is 0 Å². The Balaban J connectivity index is 1.93. The van der Waals surface area contributed by atoms with Crippen LogP contribution in [0.15, 0.2) is 42.5 Å². The van der Waals surface area contributed by atoms with Crippen molar-refractivity contribution in [3.05, 3.63) is 59.7 Å². The maximum absolute atomic E-state index is 13.5. The number of urea groups is 1. The summed E-state index contributed by atoms with van der Waals surface area (Å²) in [6, 6.07) is 9.79. The molecule has 0 aromatic heterocycles. The summed E-state index contributed by atoms with van der Waals surface area (Å²) in [7, 11) is 0. The third-order valence-corrected chi connectivity index (χ3v) is 5.05. The van der Waals surface area contributed by atoms with Gasteiger partial charge in [-0.3, -0.25) is 0 Å². The Morgan fingerprint density at radius 1 is 1.06 bits per heavy atom. The lowest BCUT2D eigenvalue weighted by molar-refractivity contribution is -0.149. The lowest BCUT2D eigenvalue weighted by Gasteiger charge is -2.24. The van der Waals surface area contributed by atoms with Crippen LogP contribution < -0.4 is 10.1 Å². The van der Waals surface area contributed by atoms with Gasteiger partial charge in [-0.05, 0) is 49.1 Å². The topological polar surface area (TPSA) is 88.1 Å². The van der Waals surface area contributed by atoms with Gasteiger partial charge in [0.05, 0.1) is 6.54 Å². The standard InChI is InChI=1S/C25H32F2N2O5/c1-4-33-23(24(30)31)15-18-5-8-20(9-6-18)34-14-13-29(12-11-17(2)3)25(32)28-19-7-10-21(26)22(27)16-19/h5-10,16-17,23H,4,11-15H2,1-3H3,(H,28,32)(H,30,31). The molecule has 2 aromatic carbocycles. The average molecular weight is 479 g/mol. The second-order valence-corrected chi connectivity index (χ2v) is 8.21. The third-order valence-electron chi connectivity index (χ3n) is 5.05. The van der Waals surface area contributed by atoms with Crippen molar-refractivity contribution in [2.75, 3.05) is 31.6 Å². The number of rotatable bonds is 13. The average Bonchev–Trinajstić information content (AvgIpc) is 2.79. The van der Waals surface area contributed by atoms with E-state index in [4.69, 9.17) is 9.47 Å².